The second kappa shape index (κ2) is 4.53. The van der Waals surface area contributed by atoms with E-state index in [9.17, 15) is 9.59 Å². The third-order valence-corrected chi connectivity index (χ3v) is 2.36. The van der Waals surface area contributed by atoms with E-state index in [4.69, 9.17) is 5.11 Å². The van der Waals surface area contributed by atoms with Gasteiger partial charge in [0.2, 0.25) is 5.95 Å². The first kappa shape index (κ1) is 12.2. The first-order chi connectivity index (χ1) is 8.47. The Balaban J connectivity index is 2.35. The number of aromatic nitrogens is 2. The molecule has 0 fully saturated rings. The lowest BCUT2D eigenvalue weighted by molar-refractivity contribution is -0.138. The molecule has 0 aliphatic carbocycles. The summed E-state index contributed by atoms with van der Waals surface area (Å²) in [6.45, 7) is 3.55. The second-order valence-electron chi connectivity index (χ2n) is 3.93. The number of carboxylic acids is 1. The summed E-state index contributed by atoms with van der Waals surface area (Å²) in [5.41, 5.74) is 3.95. The molecule has 18 heavy (non-hydrogen) atoms. The molecule has 2 heterocycles. The number of carbonyl (C=O) groups excluding carboxylic acids is 1. The second-order valence-corrected chi connectivity index (χ2v) is 3.93. The molecule has 0 spiro atoms. The van der Waals surface area contributed by atoms with Crippen molar-refractivity contribution in [3.8, 4) is 0 Å². The van der Waals surface area contributed by atoms with Gasteiger partial charge in [0, 0.05) is 17.5 Å². The van der Waals surface area contributed by atoms with Gasteiger partial charge >= 0.3 is 5.97 Å². The predicted octanol–water partition coefficient (Wildman–Crippen LogP) is -0.0460. The number of rotatable bonds is 2. The highest BCUT2D eigenvalue weighted by Crippen LogP contribution is 2.12. The first-order valence-electron chi connectivity index (χ1n) is 5.31. The number of anilines is 1. The van der Waals surface area contributed by atoms with E-state index >= 15 is 0 Å². The largest absolute Gasteiger partial charge is 0.480 e. The Labute approximate surface area is 103 Å². The number of hydrazine groups is 1. The maximum atomic E-state index is 11.7. The molecule has 2 rings (SSSR count). The summed E-state index contributed by atoms with van der Waals surface area (Å²) in [4.78, 5) is 30.8. The van der Waals surface area contributed by atoms with E-state index in [0.29, 0.717) is 11.4 Å². The van der Waals surface area contributed by atoms with Crippen molar-refractivity contribution in [1.82, 2.24) is 15.4 Å². The summed E-state index contributed by atoms with van der Waals surface area (Å²) in [6, 6.07) is 0.801. The fourth-order valence-corrected chi connectivity index (χ4v) is 1.60. The Morgan fingerprint density at radius 3 is 2.56 bits per heavy atom. The van der Waals surface area contributed by atoms with Crippen LogP contribution in [0.15, 0.2) is 18.2 Å². The molecule has 0 radical (unpaired) electrons. The molecule has 1 aliphatic heterocycles. The van der Waals surface area contributed by atoms with Crippen LogP contribution in [0.1, 0.15) is 11.4 Å². The molecule has 1 aromatic heterocycles. The molecule has 7 nitrogen and oxygen atoms in total. The highest BCUT2D eigenvalue weighted by atomic mass is 16.4. The fraction of sp³-hybridized carbons (Fsp3) is 0.273. The molecule has 1 atom stereocenters. The molecule has 94 valence electrons. The van der Waals surface area contributed by atoms with Gasteiger partial charge in [-0.3, -0.25) is 9.59 Å². The van der Waals surface area contributed by atoms with Gasteiger partial charge in [-0.1, -0.05) is 0 Å². The van der Waals surface area contributed by atoms with Gasteiger partial charge in [0.1, 0.15) is 6.04 Å². The minimum atomic E-state index is -1.08. The molecule has 0 bridgehead atoms. The summed E-state index contributed by atoms with van der Waals surface area (Å²) in [5.74, 6) is -1.33. The van der Waals surface area contributed by atoms with Crippen molar-refractivity contribution in [3.05, 3.63) is 29.6 Å². The van der Waals surface area contributed by atoms with E-state index in [1.165, 1.54) is 12.2 Å². The van der Waals surface area contributed by atoms with Crippen LogP contribution >= 0.6 is 0 Å². The summed E-state index contributed by atoms with van der Waals surface area (Å²) >= 11 is 0. The van der Waals surface area contributed by atoms with Gasteiger partial charge in [0.25, 0.3) is 5.91 Å². The van der Waals surface area contributed by atoms with Crippen LogP contribution in [-0.4, -0.2) is 33.0 Å². The number of carbonyl (C=O) groups is 2. The zero-order valence-electron chi connectivity index (χ0n) is 9.91. The van der Waals surface area contributed by atoms with Gasteiger partial charge in [0.15, 0.2) is 0 Å². The number of hydrogen-bond donors (Lipinski definition) is 2. The SMILES string of the molecule is Cc1cc(C)nc(N2N[C@H](C(=O)O)C=CC2=O)n1. The number of carboxylic acid groups (broad SMARTS) is 1. The van der Waals surface area contributed by atoms with Gasteiger partial charge in [-0.2, -0.15) is 0 Å². The van der Waals surface area contributed by atoms with Crippen molar-refractivity contribution < 1.29 is 14.7 Å². The smallest absolute Gasteiger partial charge is 0.326 e. The molecule has 1 aromatic rings. The van der Waals surface area contributed by atoms with Gasteiger partial charge < -0.3 is 5.11 Å². The fourth-order valence-electron chi connectivity index (χ4n) is 1.60. The highest BCUT2D eigenvalue weighted by molar-refractivity contribution is 6.01. The zero-order valence-corrected chi connectivity index (χ0v) is 9.91. The third kappa shape index (κ3) is 2.35. The zero-order chi connectivity index (χ0) is 13.3. The third-order valence-electron chi connectivity index (χ3n) is 2.36. The molecule has 2 N–H and O–H groups in total. The molecular weight excluding hydrogens is 236 g/mol. The van der Waals surface area contributed by atoms with Crippen LogP contribution in [0.3, 0.4) is 0 Å². The Morgan fingerprint density at radius 2 is 2.00 bits per heavy atom. The lowest BCUT2D eigenvalue weighted by Gasteiger charge is -2.26. The molecule has 0 unspecified atom stereocenters. The Bertz CT molecular complexity index is 521. The minimum Gasteiger partial charge on any atom is -0.480 e. The molecule has 1 amide bonds. The summed E-state index contributed by atoms with van der Waals surface area (Å²) in [7, 11) is 0. The number of nitrogens with zero attached hydrogens (tertiary/aromatic N) is 3. The van der Waals surface area contributed by atoms with E-state index < -0.39 is 17.9 Å². The Kier molecular flexibility index (Phi) is 3.07. The van der Waals surface area contributed by atoms with E-state index in [1.807, 2.05) is 0 Å². The quantitative estimate of drug-likeness (QED) is 0.762. The van der Waals surface area contributed by atoms with Crippen LogP contribution in [-0.2, 0) is 9.59 Å². The molecule has 7 heteroatoms. The first-order valence-corrected chi connectivity index (χ1v) is 5.31. The monoisotopic (exact) mass is 248 g/mol. The van der Waals surface area contributed by atoms with Crippen molar-refractivity contribution in [2.45, 2.75) is 19.9 Å². The highest BCUT2D eigenvalue weighted by Gasteiger charge is 2.27. The number of hydrogen-bond acceptors (Lipinski definition) is 5. The maximum absolute atomic E-state index is 11.7. The van der Waals surface area contributed by atoms with Crippen LogP contribution in [0, 0.1) is 13.8 Å². The van der Waals surface area contributed by atoms with E-state index in [-0.39, 0.29) is 5.95 Å². The van der Waals surface area contributed by atoms with Gasteiger partial charge in [-0.15, -0.1) is 0 Å². The molecular formula is C11H12N4O3. The van der Waals surface area contributed by atoms with Crippen LogP contribution in [0.25, 0.3) is 0 Å². The lowest BCUT2D eigenvalue weighted by atomic mass is 10.2. The maximum Gasteiger partial charge on any atom is 0.326 e. The van der Waals surface area contributed by atoms with Crippen molar-refractivity contribution in [1.29, 1.82) is 0 Å². The van der Waals surface area contributed by atoms with Crippen molar-refractivity contribution >= 4 is 17.8 Å². The van der Waals surface area contributed by atoms with E-state index in [1.54, 1.807) is 19.9 Å². The Hall–Kier alpha value is -2.28. The summed E-state index contributed by atoms with van der Waals surface area (Å²) < 4.78 is 0. The van der Waals surface area contributed by atoms with E-state index in [2.05, 4.69) is 15.4 Å². The number of nitrogens with one attached hydrogen (secondary N) is 1. The predicted molar refractivity (Wildman–Crippen MR) is 62.7 cm³/mol. The topological polar surface area (TPSA) is 95.4 Å². The van der Waals surface area contributed by atoms with Crippen LogP contribution in [0.5, 0.6) is 0 Å². The van der Waals surface area contributed by atoms with Crippen LogP contribution in [0.2, 0.25) is 0 Å². The number of amides is 1. The summed E-state index contributed by atoms with van der Waals surface area (Å²) in [5, 5.41) is 9.95. The number of aliphatic carboxylic acids is 1. The molecule has 1 aliphatic rings. The van der Waals surface area contributed by atoms with Gasteiger partial charge in [0.05, 0.1) is 0 Å². The van der Waals surface area contributed by atoms with Crippen molar-refractivity contribution in [2.75, 3.05) is 5.01 Å². The average Bonchev–Trinajstić information content (AvgIpc) is 2.27. The molecule has 0 aromatic carbocycles. The Morgan fingerprint density at radius 1 is 1.39 bits per heavy atom. The number of aryl methyl sites for hydroxylation is 2. The summed E-state index contributed by atoms with van der Waals surface area (Å²) in [6.07, 6.45) is 2.47. The minimum absolute atomic E-state index is 0.146. The normalized spacial score (nSPS) is 19.1. The van der Waals surface area contributed by atoms with Gasteiger partial charge in [-0.25, -0.2) is 20.4 Å². The molecule has 0 saturated heterocycles. The van der Waals surface area contributed by atoms with Crippen LogP contribution in [0.4, 0.5) is 5.95 Å². The van der Waals surface area contributed by atoms with Crippen molar-refractivity contribution in [2.24, 2.45) is 0 Å². The van der Waals surface area contributed by atoms with Crippen LogP contribution < -0.4 is 10.4 Å². The van der Waals surface area contributed by atoms with Gasteiger partial charge in [-0.05, 0) is 26.0 Å². The standard InChI is InChI=1S/C11H12N4O3/c1-6-5-7(2)13-11(12-6)15-9(16)4-3-8(14-15)10(17)18/h3-5,8,14H,1-2H3,(H,17,18)/t8-/m0/s1. The average molecular weight is 248 g/mol. The van der Waals surface area contributed by atoms with Crippen molar-refractivity contribution in [3.63, 3.8) is 0 Å². The molecule has 0 saturated carbocycles. The van der Waals surface area contributed by atoms with E-state index in [0.717, 1.165) is 5.01 Å². The lowest BCUT2D eigenvalue weighted by Crippen LogP contribution is -2.53.